The number of nitrogens with zero attached hydrogens (tertiary/aromatic N) is 1. The molecule has 0 aromatic heterocycles. The first-order chi connectivity index (χ1) is 9.51. The van der Waals surface area contributed by atoms with Gasteiger partial charge in [0.15, 0.2) is 0 Å². The maximum Gasteiger partial charge on any atom is 0.306 e. The lowest BCUT2D eigenvalue weighted by atomic mass is 10.00. The highest BCUT2D eigenvalue weighted by atomic mass is 16.4. The Morgan fingerprint density at radius 1 is 1.20 bits per heavy atom. The number of hydrogen-bond acceptors (Lipinski definition) is 2. The van der Waals surface area contributed by atoms with Crippen molar-refractivity contribution in [2.75, 3.05) is 14.1 Å². The molecule has 0 radical (unpaired) electrons. The van der Waals surface area contributed by atoms with Crippen LogP contribution in [0.3, 0.4) is 0 Å². The Kier molecular flexibility index (Phi) is 10.7. The Bertz CT molecular complexity index is 349. The zero-order valence-electron chi connectivity index (χ0n) is 13.3. The lowest BCUT2D eigenvalue weighted by Crippen LogP contribution is -2.11. The topological polar surface area (TPSA) is 40.5 Å². The molecule has 0 bridgehead atoms. The normalized spacial score (nSPS) is 11.7. The van der Waals surface area contributed by atoms with E-state index in [4.69, 9.17) is 5.11 Å². The predicted molar refractivity (Wildman–Crippen MR) is 84.8 cm³/mol. The molecule has 0 aliphatic heterocycles. The molecular weight excluding hydrogens is 250 g/mol. The summed E-state index contributed by atoms with van der Waals surface area (Å²) in [5, 5.41) is 8.60. The van der Waals surface area contributed by atoms with E-state index < -0.39 is 5.97 Å². The summed E-state index contributed by atoms with van der Waals surface area (Å²) in [6.45, 7) is 5.03. The van der Waals surface area contributed by atoms with Crippen LogP contribution in [0.15, 0.2) is 30.3 Å². The summed E-state index contributed by atoms with van der Waals surface area (Å²) >= 11 is 0. The van der Waals surface area contributed by atoms with Crippen molar-refractivity contribution in [3.8, 4) is 0 Å². The van der Waals surface area contributed by atoms with Crippen LogP contribution < -0.4 is 0 Å². The van der Waals surface area contributed by atoms with Crippen LogP contribution in [-0.2, 0) is 11.3 Å². The fourth-order valence-electron chi connectivity index (χ4n) is 1.90. The van der Waals surface area contributed by atoms with E-state index in [0.717, 1.165) is 32.2 Å². The molecule has 0 heterocycles. The first-order valence-electron chi connectivity index (χ1n) is 7.42. The first kappa shape index (κ1) is 18.7. The number of hydrogen-bond donors (Lipinski definition) is 1. The highest BCUT2D eigenvalue weighted by Gasteiger charge is 2.12. The Balaban J connectivity index is 0.000000361. The number of rotatable bonds is 7. The molecule has 0 amide bonds. The van der Waals surface area contributed by atoms with E-state index in [-0.39, 0.29) is 5.92 Å². The van der Waals surface area contributed by atoms with Crippen LogP contribution >= 0.6 is 0 Å². The third-order valence-electron chi connectivity index (χ3n) is 3.09. The Morgan fingerprint density at radius 3 is 2.20 bits per heavy atom. The predicted octanol–water partition coefficient (Wildman–Crippen LogP) is 4.04. The monoisotopic (exact) mass is 279 g/mol. The fourth-order valence-corrected chi connectivity index (χ4v) is 1.90. The van der Waals surface area contributed by atoms with E-state index in [2.05, 4.69) is 50.2 Å². The number of unbranched alkanes of at least 4 members (excludes halogenated alkanes) is 1. The second-order valence-electron chi connectivity index (χ2n) is 5.31. The lowest BCUT2D eigenvalue weighted by Gasteiger charge is -2.08. The molecular formula is C17H29NO2. The number of carboxylic acids is 1. The largest absolute Gasteiger partial charge is 0.481 e. The van der Waals surface area contributed by atoms with E-state index in [1.54, 1.807) is 0 Å². The van der Waals surface area contributed by atoms with Crippen molar-refractivity contribution in [1.29, 1.82) is 0 Å². The minimum absolute atomic E-state index is 0.111. The van der Waals surface area contributed by atoms with E-state index >= 15 is 0 Å². The number of carbonyl (C=O) groups is 1. The quantitative estimate of drug-likeness (QED) is 0.819. The summed E-state index contributed by atoms with van der Waals surface area (Å²) in [7, 11) is 4.15. The Hall–Kier alpha value is -1.35. The van der Waals surface area contributed by atoms with Crippen molar-refractivity contribution in [1.82, 2.24) is 4.90 Å². The van der Waals surface area contributed by atoms with Crippen LogP contribution in [0.1, 0.15) is 45.1 Å². The molecule has 1 aromatic carbocycles. The van der Waals surface area contributed by atoms with Crippen molar-refractivity contribution in [3.05, 3.63) is 35.9 Å². The summed E-state index contributed by atoms with van der Waals surface area (Å²) < 4.78 is 0. The van der Waals surface area contributed by atoms with Crippen LogP contribution in [0.2, 0.25) is 0 Å². The van der Waals surface area contributed by atoms with Gasteiger partial charge >= 0.3 is 5.97 Å². The molecule has 20 heavy (non-hydrogen) atoms. The molecule has 1 atom stereocenters. The van der Waals surface area contributed by atoms with Crippen LogP contribution in [0.4, 0.5) is 0 Å². The summed E-state index contributed by atoms with van der Waals surface area (Å²) in [5.41, 5.74) is 1.37. The minimum Gasteiger partial charge on any atom is -0.481 e. The highest BCUT2D eigenvalue weighted by Crippen LogP contribution is 2.11. The van der Waals surface area contributed by atoms with Gasteiger partial charge in [-0.15, -0.1) is 0 Å². The molecule has 0 saturated heterocycles. The van der Waals surface area contributed by atoms with Gasteiger partial charge in [-0.1, -0.05) is 57.0 Å². The highest BCUT2D eigenvalue weighted by molar-refractivity contribution is 5.69. The van der Waals surface area contributed by atoms with E-state index in [1.807, 2.05) is 13.0 Å². The fraction of sp³-hybridized carbons (Fsp3) is 0.588. The van der Waals surface area contributed by atoms with Gasteiger partial charge in [0, 0.05) is 6.54 Å². The molecule has 3 nitrogen and oxygen atoms in total. The van der Waals surface area contributed by atoms with Gasteiger partial charge in [0.1, 0.15) is 0 Å². The lowest BCUT2D eigenvalue weighted by molar-refractivity contribution is -0.142. The van der Waals surface area contributed by atoms with Gasteiger partial charge in [0.25, 0.3) is 0 Å². The van der Waals surface area contributed by atoms with Crippen molar-refractivity contribution in [2.24, 2.45) is 5.92 Å². The van der Waals surface area contributed by atoms with Gasteiger partial charge < -0.3 is 10.0 Å². The van der Waals surface area contributed by atoms with Crippen molar-refractivity contribution >= 4 is 5.97 Å². The van der Waals surface area contributed by atoms with Gasteiger partial charge in [-0.3, -0.25) is 4.79 Å². The molecule has 1 unspecified atom stereocenters. The number of carboxylic acid groups (broad SMARTS) is 1. The van der Waals surface area contributed by atoms with E-state index in [9.17, 15) is 4.79 Å². The molecule has 0 fully saturated rings. The van der Waals surface area contributed by atoms with Crippen LogP contribution in [-0.4, -0.2) is 30.1 Å². The first-order valence-corrected chi connectivity index (χ1v) is 7.42. The average Bonchev–Trinajstić information content (AvgIpc) is 2.40. The standard InChI is InChI=1S/C9H13N.C8H16O2/c1-10(2)8-9-6-4-3-5-7-9;1-3-5-6-7(4-2)8(9)10/h3-7H,8H2,1-2H3;7H,3-6H2,1-2H3,(H,9,10). The molecule has 1 rings (SSSR count). The molecule has 0 aliphatic rings. The Morgan fingerprint density at radius 2 is 1.80 bits per heavy atom. The van der Waals surface area contributed by atoms with Crippen molar-refractivity contribution in [3.63, 3.8) is 0 Å². The summed E-state index contributed by atoms with van der Waals surface area (Å²) in [4.78, 5) is 12.6. The molecule has 0 saturated carbocycles. The van der Waals surface area contributed by atoms with Gasteiger partial charge in [-0.2, -0.15) is 0 Å². The zero-order chi connectivity index (χ0) is 15.4. The van der Waals surface area contributed by atoms with Crippen LogP contribution in [0.5, 0.6) is 0 Å². The Labute approximate surface area is 123 Å². The second-order valence-corrected chi connectivity index (χ2v) is 5.31. The third kappa shape index (κ3) is 9.56. The van der Waals surface area contributed by atoms with Gasteiger partial charge in [0.2, 0.25) is 0 Å². The second kappa shape index (κ2) is 11.5. The smallest absolute Gasteiger partial charge is 0.306 e. The number of aliphatic carboxylic acids is 1. The average molecular weight is 279 g/mol. The van der Waals surface area contributed by atoms with Crippen LogP contribution in [0.25, 0.3) is 0 Å². The molecule has 3 heteroatoms. The molecule has 1 N–H and O–H groups in total. The third-order valence-corrected chi connectivity index (χ3v) is 3.09. The van der Waals surface area contributed by atoms with Gasteiger partial charge in [0.05, 0.1) is 5.92 Å². The van der Waals surface area contributed by atoms with Crippen molar-refractivity contribution in [2.45, 2.75) is 46.1 Å². The molecule has 1 aromatic rings. The SMILES string of the molecule is CCCCC(CC)C(=O)O.CN(C)Cc1ccccc1. The van der Waals surface area contributed by atoms with Gasteiger partial charge in [-0.25, -0.2) is 0 Å². The maximum atomic E-state index is 10.4. The minimum atomic E-state index is -0.643. The van der Waals surface area contributed by atoms with Crippen LogP contribution in [0, 0.1) is 5.92 Å². The summed E-state index contributed by atoms with van der Waals surface area (Å²) in [5.74, 6) is -0.754. The molecule has 114 valence electrons. The zero-order valence-corrected chi connectivity index (χ0v) is 13.3. The molecule has 0 aliphatic carbocycles. The summed E-state index contributed by atoms with van der Waals surface area (Å²) in [6, 6.07) is 10.5. The molecule has 0 spiro atoms. The maximum absolute atomic E-state index is 10.4. The van der Waals surface area contributed by atoms with E-state index in [1.165, 1.54) is 5.56 Å². The van der Waals surface area contributed by atoms with Gasteiger partial charge in [-0.05, 0) is 32.5 Å². The van der Waals surface area contributed by atoms with E-state index in [0.29, 0.717) is 0 Å². The summed E-state index contributed by atoms with van der Waals surface area (Å²) in [6.07, 6.45) is 3.71. The number of benzene rings is 1. The van der Waals surface area contributed by atoms with Crippen molar-refractivity contribution < 1.29 is 9.90 Å².